The van der Waals surface area contributed by atoms with Crippen LogP contribution in [0, 0.1) is 3.57 Å². The second-order valence-corrected chi connectivity index (χ2v) is 4.93. The number of hydrogen-bond donors (Lipinski definition) is 1. The fourth-order valence-corrected chi connectivity index (χ4v) is 2.79. The zero-order valence-corrected chi connectivity index (χ0v) is 10.3. The van der Waals surface area contributed by atoms with E-state index in [9.17, 15) is 0 Å². The van der Waals surface area contributed by atoms with Gasteiger partial charge in [-0.15, -0.1) is 0 Å². The first-order valence-corrected chi connectivity index (χ1v) is 5.82. The van der Waals surface area contributed by atoms with Gasteiger partial charge < -0.3 is 5.32 Å². The summed E-state index contributed by atoms with van der Waals surface area (Å²) < 4.78 is 2.64. The maximum Gasteiger partial charge on any atom is 0.0219 e. The van der Waals surface area contributed by atoms with Crippen LogP contribution in [0.3, 0.4) is 0 Å². The lowest BCUT2D eigenvalue weighted by molar-refractivity contribution is 0.639. The van der Waals surface area contributed by atoms with Crippen LogP contribution in [0.25, 0.3) is 0 Å². The molecule has 0 bridgehead atoms. The second kappa shape index (κ2) is 3.64. The Morgan fingerprint density at radius 1 is 1.33 bits per heavy atom. The average molecular weight is 338 g/mol. The van der Waals surface area contributed by atoms with E-state index in [1.807, 2.05) is 0 Å². The highest BCUT2D eigenvalue weighted by atomic mass is 127. The molecule has 0 aliphatic carbocycles. The summed E-state index contributed by atoms with van der Waals surface area (Å²) in [5.74, 6) is 0. The Bertz CT molecular complexity index is 281. The lowest BCUT2D eigenvalue weighted by Crippen LogP contribution is -2.24. The minimum Gasteiger partial charge on any atom is -0.312 e. The molecule has 1 aromatic carbocycles. The summed E-state index contributed by atoms with van der Waals surface area (Å²) >= 11 is 5.98. The molecule has 12 heavy (non-hydrogen) atoms. The standard InChI is InChI=1S/C9H9BrIN/c10-8-1-2-9(11)7-5-12-4-3-6(7)8/h1-2,12H,3-5H2. The zero-order chi connectivity index (χ0) is 8.55. The van der Waals surface area contributed by atoms with Gasteiger partial charge in [0.05, 0.1) is 0 Å². The molecule has 1 heterocycles. The number of benzene rings is 1. The highest BCUT2D eigenvalue weighted by Gasteiger charge is 2.13. The molecule has 0 fully saturated rings. The van der Waals surface area contributed by atoms with Crippen LogP contribution in [-0.4, -0.2) is 6.54 Å². The van der Waals surface area contributed by atoms with E-state index < -0.39 is 0 Å². The predicted molar refractivity (Wildman–Crippen MR) is 62.3 cm³/mol. The van der Waals surface area contributed by atoms with Gasteiger partial charge >= 0.3 is 0 Å². The SMILES string of the molecule is Brc1ccc(I)c2c1CCNC2. The maximum absolute atomic E-state index is 3.59. The third-order valence-corrected chi connectivity index (χ3v) is 3.92. The fourth-order valence-electron chi connectivity index (χ4n) is 1.52. The lowest BCUT2D eigenvalue weighted by Gasteiger charge is -2.19. The summed E-state index contributed by atoms with van der Waals surface area (Å²) in [6.07, 6.45) is 1.15. The van der Waals surface area contributed by atoms with Gasteiger partial charge in [0.25, 0.3) is 0 Å². The van der Waals surface area contributed by atoms with Crippen molar-refractivity contribution in [1.82, 2.24) is 5.32 Å². The zero-order valence-electron chi connectivity index (χ0n) is 6.53. The Hall–Kier alpha value is 0.390. The van der Waals surface area contributed by atoms with Gasteiger partial charge in [-0.3, -0.25) is 0 Å². The number of halogens is 2. The molecule has 0 spiro atoms. The second-order valence-electron chi connectivity index (χ2n) is 2.91. The van der Waals surface area contributed by atoms with Crippen LogP contribution < -0.4 is 5.32 Å². The van der Waals surface area contributed by atoms with Crippen LogP contribution >= 0.6 is 38.5 Å². The van der Waals surface area contributed by atoms with Crippen molar-refractivity contribution < 1.29 is 0 Å². The monoisotopic (exact) mass is 337 g/mol. The van der Waals surface area contributed by atoms with E-state index in [4.69, 9.17) is 0 Å². The summed E-state index contributed by atoms with van der Waals surface area (Å²) in [5, 5.41) is 3.38. The van der Waals surface area contributed by atoms with E-state index in [1.54, 1.807) is 0 Å². The molecular formula is C9H9BrIN. The van der Waals surface area contributed by atoms with E-state index in [0.717, 1.165) is 19.5 Å². The molecule has 0 saturated heterocycles. The van der Waals surface area contributed by atoms with Gasteiger partial charge in [-0.2, -0.15) is 0 Å². The van der Waals surface area contributed by atoms with Gasteiger partial charge in [-0.1, -0.05) is 15.9 Å². The topological polar surface area (TPSA) is 12.0 Å². The minimum atomic E-state index is 1.02. The van der Waals surface area contributed by atoms with Crippen molar-refractivity contribution in [2.45, 2.75) is 13.0 Å². The largest absolute Gasteiger partial charge is 0.312 e. The quantitative estimate of drug-likeness (QED) is 0.718. The summed E-state index contributed by atoms with van der Waals surface area (Å²) in [5.41, 5.74) is 2.96. The summed E-state index contributed by atoms with van der Waals surface area (Å²) in [6.45, 7) is 2.12. The number of fused-ring (bicyclic) bond motifs is 1. The smallest absolute Gasteiger partial charge is 0.0219 e. The Labute approximate surface area is 94.2 Å². The summed E-state index contributed by atoms with van der Waals surface area (Å²) in [7, 11) is 0. The molecule has 0 saturated carbocycles. The van der Waals surface area contributed by atoms with Crippen LogP contribution in [-0.2, 0) is 13.0 Å². The molecular weight excluding hydrogens is 329 g/mol. The Morgan fingerprint density at radius 2 is 2.17 bits per heavy atom. The van der Waals surface area contributed by atoms with Gasteiger partial charge in [0, 0.05) is 14.6 Å². The van der Waals surface area contributed by atoms with Crippen molar-refractivity contribution in [3.8, 4) is 0 Å². The van der Waals surface area contributed by atoms with Crippen LogP contribution in [0.4, 0.5) is 0 Å². The molecule has 1 N–H and O–H groups in total. The summed E-state index contributed by atoms with van der Waals surface area (Å²) in [6, 6.07) is 4.31. The van der Waals surface area contributed by atoms with Crippen molar-refractivity contribution in [3.63, 3.8) is 0 Å². The van der Waals surface area contributed by atoms with Crippen molar-refractivity contribution in [2.75, 3.05) is 6.54 Å². The van der Waals surface area contributed by atoms with Crippen molar-refractivity contribution >= 4 is 38.5 Å². The van der Waals surface area contributed by atoms with E-state index in [-0.39, 0.29) is 0 Å². The van der Waals surface area contributed by atoms with Crippen LogP contribution in [0.1, 0.15) is 11.1 Å². The van der Waals surface area contributed by atoms with Crippen LogP contribution in [0.2, 0.25) is 0 Å². The highest BCUT2D eigenvalue weighted by molar-refractivity contribution is 14.1. The Morgan fingerprint density at radius 3 is 2.92 bits per heavy atom. The lowest BCUT2D eigenvalue weighted by atomic mass is 10.0. The fraction of sp³-hybridized carbons (Fsp3) is 0.333. The molecule has 0 atom stereocenters. The molecule has 0 unspecified atom stereocenters. The number of nitrogens with one attached hydrogen (secondary N) is 1. The van der Waals surface area contributed by atoms with Crippen molar-refractivity contribution in [2.24, 2.45) is 0 Å². The molecule has 0 amide bonds. The maximum atomic E-state index is 3.59. The van der Waals surface area contributed by atoms with E-state index in [2.05, 4.69) is 56.0 Å². The normalized spacial score (nSPS) is 15.8. The first kappa shape index (κ1) is 8.97. The highest BCUT2D eigenvalue weighted by Crippen LogP contribution is 2.27. The van der Waals surface area contributed by atoms with Gasteiger partial charge in [-0.25, -0.2) is 0 Å². The van der Waals surface area contributed by atoms with Crippen LogP contribution in [0.15, 0.2) is 16.6 Å². The Kier molecular flexibility index (Phi) is 2.72. The number of hydrogen-bond acceptors (Lipinski definition) is 1. The van der Waals surface area contributed by atoms with E-state index in [1.165, 1.54) is 19.2 Å². The first-order valence-electron chi connectivity index (χ1n) is 3.95. The molecule has 1 aliphatic rings. The molecule has 2 rings (SSSR count). The molecule has 1 nitrogen and oxygen atoms in total. The first-order chi connectivity index (χ1) is 5.79. The molecule has 0 radical (unpaired) electrons. The molecule has 0 aromatic heterocycles. The molecule has 1 aromatic rings. The average Bonchev–Trinajstić information content (AvgIpc) is 2.12. The van der Waals surface area contributed by atoms with Gasteiger partial charge in [0.2, 0.25) is 0 Å². The van der Waals surface area contributed by atoms with Gasteiger partial charge in [-0.05, 0) is 58.8 Å². The number of rotatable bonds is 0. The van der Waals surface area contributed by atoms with E-state index in [0.29, 0.717) is 0 Å². The van der Waals surface area contributed by atoms with Crippen molar-refractivity contribution in [1.29, 1.82) is 0 Å². The Balaban J connectivity index is 2.57. The third kappa shape index (κ3) is 1.54. The predicted octanol–water partition coefficient (Wildman–Crippen LogP) is 2.70. The van der Waals surface area contributed by atoms with Crippen molar-refractivity contribution in [3.05, 3.63) is 31.3 Å². The third-order valence-electron chi connectivity index (χ3n) is 2.17. The van der Waals surface area contributed by atoms with E-state index >= 15 is 0 Å². The van der Waals surface area contributed by atoms with Gasteiger partial charge in [0.15, 0.2) is 0 Å². The van der Waals surface area contributed by atoms with Gasteiger partial charge in [0.1, 0.15) is 0 Å². The molecule has 1 aliphatic heterocycles. The summed E-state index contributed by atoms with van der Waals surface area (Å²) in [4.78, 5) is 0. The molecule has 3 heteroatoms. The minimum absolute atomic E-state index is 1.02. The van der Waals surface area contributed by atoms with Crippen LogP contribution in [0.5, 0.6) is 0 Å². The molecule has 64 valence electrons.